The molecule has 1 unspecified atom stereocenters. The number of carbonyl (C=O) groups is 1. The Morgan fingerprint density at radius 1 is 1.42 bits per heavy atom. The van der Waals surface area contributed by atoms with Crippen LogP contribution < -0.4 is 0 Å². The van der Waals surface area contributed by atoms with Crippen molar-refractivity contribution in [2.24, 2.45) is 0 Å². The summed E-state index contributed by atoms with van der Waals surface area (Å²) in [5.41, 5.74) is 0. The number of carboxylic acid groups (broad SMARTS) is 1. The molecule has 1 fully saturated rings. The zero-order chi connectivity index (χ0) is 8.97. The Hall–Kier alpha value is -0.830. The van der Waals surface area contributed by atoms with Gasteiger partial charge in [0.1, 0.15) is 6.04 Å². The fourth-order valence-corrected chi connectivity index (χ4v) is 1.60. The fraction of sp³-hybridized carbons (Fsp3) is 0.667. The van der Waals surface area contributed by atoms with E-state index in [2.05, 4.69) is 6.58 Å². The predicted octanol–water partition coefficient (Wildman–Crippen LogP) is 1.11. The van der Waals surface area contributed by atoms with Crippen LogP contribution in [0.15, 0.2) is 12.7 Å². The minimum absolute atomic E-state index is 0.481. The first-order valence-electron chi connectivity index (χ1n) is 4.35. The molecule has 0 aromatic rings. The van der Waals surface area contributed by atoms with Crippen LogP contribution in [0.4, 0.5) is 0 Å². The number of aliphatic carboxylic acids is 1. The summed E-state index contributed by atoms with van der Waals surface area (Å²) in [5.74, 6) is -0.785. The lowest BCUT2D eigenvalue weighted by Gasteiger charge is -2.29. The van der Waals surface area contributed by atoms with E-state index in [1.165, 1.54) is 12.5 Å². The Balaban J connectivity index is 2.51. The first-order chi connectivity index (χ1) is 5.75. The van der Waals surface area contributed by atoms with Gasteiger partial charge in [-0.1, -0.05) is 12.5 Å². The Labute approximate surface area is 72.7 Å². The summed E-state index contributed by atoms with van der Waals surface area (Å²) in [6.07, 6.45) is 4.95. The van der Waals surface area contributed by atoms with Gasteiger partial charge in [-0.15, -0.1) is 6.58 Å². The number of likely N-dealkylation sites (tertiary alicyclic amines) is 1. The van der Waals surface area contributed by atoms with Gasteiger partial charge < -0.3 is 5.11 Å². The Bertz CT molecular complexity index is 173. The second kappa shape index (κ2) is 4.26. The maximum atomic E-state index is 10.7. The van der Waals surface area contributed by atoms with E-state index in [0.717, 1.165) is 25.9 Å². The molecule has 0 amide bonds. The Morgan fingerprint density at radius 3 is 2.42 bits per heavy atom. The van der Waals surface area contributed by atoms with Crippen LogP contribution in [0, 0.1) is 0 Å². The first-order valence-corrected chi connectivity index (χ1v) is 4.35. The maximum absolute atomic E-state index is 10.7. The molecular weight excluding hydrogens is 154 g/mol. The summed E-state index contributed by atoms with van der Waals surface area (Å²) in [6, 6.07) is -0.481. The number of piperidine rings is 1. The van der Waals surface area contributed by atoms with E-state index in [1.807, 2.05) is 4.90 Å². The Kier molecular flexibility index (Phi) is 3.29. The van der Waals surface area contributed by atoms with Gasteiger partial charge in [0.15, 0.2) is 0 Å². The summed E-state index contributed by atoms with van der Waals surface area (Å²) in [7, 11) is 0. The highest BCUT2D eigenvalue weighted by molar-refractivity contribution is 5.75. The largest absolute Gasteiger partial charge is 0.480 e. The fourth-order valence-electron chi connectivity index (χ4n) is 1.60. The first kappa shape index (κ1) is 9.26. The quantitative estimate of drug-likeness (QED) is 0.643. The molecule has 0 spiro atoms. The summed E-state index contributed by atoms with van der Waals surface area (Å²) in [6.45, 7) is 5.32. The van der Waals surface area contributed by atoms with Crippen LogP contribution in [0.2, 0.25) is 0 Å². The molecule has 1 saturated heterocycles. The zero-order valence-corrected chi connectivity index (χ0v) is 7.20. The summed E-state index contributed by atoms with van der Waals surface area (Å²) in [5, 5.41) is 8.81. The lowest BCUT2D eigenvalue weighted by molar-refractivity contribution is -0.141. The molecule has 1 heterocycles. The summed E-state index contributed by atoms with van der Waals surface area (Å²) >= 11 is 0. The average molecular weight is 169 g/mol. The highest BCUT2D eigenvalue weighted by Gasteiger charge is 2.23. The van der Waals surface area contributed by atoms with Gasteiger partial charge in [0.25, 0.3) is 0 Å². The van der Waals surface area contributed by atoms with Crippen LogP contribution in [0.1, 0.15) is 19.3 Å². The second-order valence-corrected chi connectivity index (χ2v) is 3.12. The van der Waals surface area contributed by atoms with E-state index < -0.39 is 12.0 Å². The van der Waals surface area contributed by atoms with Crippen LogP contribution in [-0.2, 0) is 4.79 Å². The molecular formula is C9H15NO2. The molecule has 1 rings (SSSR count). The maximum Gasteiger partial charge on any atom is 0.324 e. The van der Waals surface area contributed by atoms with Crippen molar-refractivity contribution >= 4 is 5.97 Å². The van der Waals surface area contributed by atoms with Crippen molar-refractivity contribution in [3.8, 4) is 0 Å². The molecule has 68 valence electrons. The molecule has 12 heavy (non-hydrogen) atoms. The van der Waals surface area contributed by atoms with E-state index in [0.29, 0.717) is 0 Å². The number of carboxylic acids is 1. The van der Waals surface area contributed by atoms with Crippen molar-refractivity contribution in [2.75, 3.05) is 13.1 Å². The van der Waals surface area contributed by atoms with Crippen molar-refractivity contribution < 1.29 is 9.90 Å². The van der Waals surface area contributed by atoms with Crippen LogP contribution in [0.25, 0.3) is 0 Å². The highest BCUT2D eigenvalue weighted by atomic mass is 16.4. The van der Waals surface area contributed by atoms with Gasteiger partial charge >= 0.3 is 5.97 Å². The zero-order valence-electron chi connectivity index (χ0n) is 7.20. The molecule has 1 N–H and O–H groups in total. The standard InChI is InChI=1S/C9H15NO2/c1-2-8(9(11)12)10-6-4-3-5-7-10/h2,8H,1,3-7H2,(H,11,12). The number of rotatable bonds is 3. The molecule has 0 bridgehead atoms. The molecule has 1 atom stereocenters. The molecule has 1 aliphatic rings. The third-order valence-corrected chi connectivity index (χ3v) is 2.26. The molecule has 0 aromatic heterocycles. The SMILES string of the molecule is C=CC(C(=O)O)N1CCCCC1. The van der Waals surface area contributed by atoms with E-state index in [9.17, 15) is 4.79 Å². The monoisotopic (exact) mass is 169 g/mol. The topological polar surface area (TPSA) is 40.5 Å². The van der Waals surface area contributed by atoms with E-state index in [1.54, 1.807) is 0 Å². The van der Waals surface area contributed by atoms with Crippen LogP contribution in [0.3, 0.4) is 0 Å². The summed E-state index contributed by atoms with van der Waals surface area (Å²) in [4.78, 5) is 12.7. The normalized spacial score (nSPS) is 21.7. The van der Waals surface area contributed by atoms with Gasteiger partial charge in [0, 0.05) is 0 Å². The smallest absolute Gasteiger partial charge is 0.324 e. The molecule has 0 radical (unpaired) electrons. The van der Waals surface area contributed by atoms with Crippen LogP contribution in [-0.4, -0.2) is 35.1 Å². The molecule has 0 aliphatic carbocycles. The van der Waals surface area contributed by atoms with Crippen molar-refractivity contribution in [3.05, 3.63) is 12.7 Å². The highest BCUT2D eigenvalue weighted by Crippen LogP contribution is 2.12. The van der Waals surface area contributed by atoms with E-state index >= 15 is 0 Å². The molecule has 3 heteroatoms. The van der Waals surface area contributed by atoms with E-state index in [-0.39, 0.29) is 0 Å². The molecule has 1 aliphatic heterocycles. The molecule has 0 saturated carbocycles. The van der Waals surface area contributed by atoms with Gasteiger partial charge in [-0.05, 0) is 25.9 Å². The van der Waals surface area contributed by atoms with E-state index in [4.69, 9.17) is 5.11 Å². The van der Waals surface area contributed by atoms with Gasteiger partial charge in [-0.3, -0.25) is 9.69 Å². The number of hydrogen-bond acceptors (Lipinski definition) is 2. The third kappa shape index (κ3) is 2.08. The van der Waals surface area contributed by atoms with Crippen molar-refractivity contribution in [1.82, 2.24) is 4.90 Å². The number of hydrogen-bond donors (Lipinski definition) is 1. The van der Waals surface area contributed by atoms with Gasteiger partial charge in [0.05, 0.1) is 0 Å². The van der Waals surface area contributed by atoms with Crippen LogP contribution >= 0.6 is 0 Å². The van der Waals surface area contributed by atoms with Crippen molar-refractivity contribution in [3.63, 3.8) is 0 Å². The lowest BCUT2D eigenvalue weighted by atomic mass is 10.1. The minimum atomic E-state index is -0.785. The van der Waals surface area contributed by atoms with Crippen molar-refractivity contribution in [2.45, 2.75) is 25.3 Å². The van der Waals surface area contributed by atoms with Gasteiger partial charge in [-0.25, -0.2) is 0 Å². The van der Waals surface area contributed by atoms with Gasteiger partial charge in [-0.2, -0.15) is 0 Å². The molecule has 3 nitrogen and oxygen atoms in total. The lowest BCUT2D eigenvalue weighted by Crippen LogP contribution is -2.42. The minimum Gasteiger partial charge on any atom is -0.480 e. The average Bonchev–Trinajstić information content (AvgIpc) is 2.07. The number of nitrogens with zero attached hydrogens (tertiary/aromatic N) is 1. The summed E-state index contributed by atoms with van der Waals surface area (Å²) < 4.78 is 0. The van der Waals surface area contributed by atoms with Gasteiger partial charge in [0.2, 0.25) is 0 Å². The Morgan fingerprint density at radius 2 is 2.00 bits per heavy atom. The van der Waals surface area contributed by atoms with Crippen molar-refractivity contribution in [1.29, 1.82) is 0 Å². The predicted molar refractivity (Wildman–Crippen MR) is 47.0 cm³/mol. The second-order valence-electron chi connectivity index (χ2n) is 3.12. The molecule has 0 aromatic carbocycles. The van der Waals surface area contributed by atoms with Crippen LogP contribution in [0.5, 0.6) is 0 Å². The third-order valence-electron chi connectivity index (χ3n) is 2.26.